The topological polar surface area (TPSA) is 49.0 Å². The summed E-state index contributed by atoms with van der Waals surface area (Å²) >= 11 is 0. The van der Waals surface area contributed by atoms with E-state index >= 15 is 0 Å². The molecule has 1 aromatic heterocycles. The van der Waals surface area contributed by atoms with Gasteiger partial charge < -0.3 is 4.90 Å². The number of hydrogen-bond donors (Lipinski definition) is 1. The molecule has 0 saturated carbocycles. The Morgan fingerprint density at radius 1 is 1.29 bits per heavy atom. The molecule has 0 fully saturated rings. The van der Waals surface area contributed by atoms with Crippen molar-refractivity contribution >= 4 is 11.6 Å². The Hall–Kier alpha value is -2.17. The van der Waals surface area contributed by atoms with Crippen molar-refractivity contribution in [3.63, 3.8) is 0 Å². The lowest BCUT2D eigenvalue weighted by molar-refractivity contribution is -0.117. The number of H-pyrrole nitrogens is 1. The lowest BCUT2D eigenvalue weighted by Crippen LogP contribution is -2.28. The largest absolute Gasteiger partial charge is 0.315 e. The molecule has 2 aromatic rings. The van der Waals surface area contributed by atoms with Crippen LogP contribution in [0.3, 0.4) is 0 Å². The lowest BCUT2D eigenvalue weighted by Gasteiger charge is -2.17. The Morgan fingerprint density at radius 3 is 2.76 bits per heavy atom. The maximum atomic E-state index is 12.9. The predicted octanol–water partition coefficient (Wildman–Crippen LogP) is 2.63. The van der Waals surface area contributed by atoms with Crippen molar-refractivity contribution in [3.05, 3.63) is 47.0 Å². The van der Waals surface area contributed by atoms with Crippen LogP contribution in [0, 0.1) is 5.82 Å². The first kappa shape index (κ1) is 13.8. The number of hydrogen-bond acceptors (Lipinski definition) is 2. The number of carbonyl (C=O) groups excluding carboxylic acids is 1. The molecule has 3 rings (SSSR count). The summed E-state index contributed by atoms with van der Waals surface area (Å²) in [5.41, 5.74) is 3.92. The van der Waals surface area contributed by atoms with Crippen LogP contribution in [-0.4, -0.2) is 23.2 Å². The zero-order valence-electron chi connectivity index (χ0n) is 12.0. The highest BCUT2D eigenvalue weighted by Crippen LogP contribution is 2.23. The number of amides is 1. The van der Waals surface area contributed by atoms with E-state index in [2.05, 4.69) is 10.2 Å². The molecule has 0 spiro atoms. The third-order valence-electron chi connectivity index (χ3n) is 4.05. The Bertz CT molecular complexity index is 648. The van der Waals surface area contributed by atoms with E-state index in [4.69, 9.17) is 0 Å². The minimum Gasteiger partial charge on any atom is -0.315 e. The predicted molar refractivity (Wildman–Crippen MR) is 78.7 cm³/mol. The normalized spacial score (nSPS) is 13.8. The number of aromatic amines is 1. The third-order valence-corrected chi connectivity index (χ3v) is 4.05. The molecule has 4 nitrogen and oxygen atoms in total. The first-order chi connectivity index (χ1) is 10.1. The number of anilines is 1. The fourth-order valence-corrected chi connectivity index (χ4v) is 2.77. The van der Waals surface area contributed by atoms with E-state index in [1.54, 1.807) is 24.1 Å². The van der Waals surface area contributed by atoms with Gasteiger partial charge in [-0.1, -0.05) is 0 Å². The first-order valence-electron chi connectivity index (χ1n) is 7.22. The van der Waals surface area contributed by atoms with Crippen LogP contribution in [0.4, 0.5) is 10.1 Å². The first-order valence-corrected chi connectivity index (χ1v) is 7.22. The minimum absolute atomic E-state index is 0.0403. The van der Waals surface area contributed by atoms with Crippen LogP contribution in [0.1, 0.15) is 29.8 Å². The van der Waals surface area contributed by atoms with Crippen LogP contribution in [0.25, 0.3) is 0 Å². The minimum atomic E-state index is -0.305. The second-order valence-electron chi connectivity index (χ2n) is 5.44. The second-order valence-corrected chi connectivity index (χ2v) is 5.44. The number of aromatic nitrogens is 2. The van der Waals surface area contributed by atoms with Crippen molar-refractivity contribution < 1.29 is 9.18 Å². The van der Waals surface area contributed by atoms with Gasteiger partial charge in [0.25, 0.3) is 0 Å². The van der Waals surface area contributed by atoms with Crippen molar-refractivity contribution in [1.82, 2.24) is 10.2 Å². The van der Waals surface area contributed by atoms with Crippen LogP contribution >= 0.6 is 0 Å². The molecule has 0 aliphatic heterocycles. The van der Waals surface area contributed by atoms with E-state index in [1.807, 2.05) is 0 Å². The van der Waals surface area contributed by atoms with Crippen molar-refractivity contribution in [2.75, 3.05) is 11.9 Å². The quantitative estimate of drug-likeness (QED) is 0.943. The Balaban J connectivity index is 1.74. The van der Waals surface area contributed by atoms with Crippen molar-refractivity contribution in [2.24, 2.45) is 0 Å². The molecular formula is C16H18FN3O. The van der Waals surface area contributed by atoms with Crippen LogP contribution in [-0.2, 0) is 24.1 Å². The highest BCUT2D eigenvalue weighted by atomic mass is 19.1. The van der Waals surface area contributed by atoms with Gasteiger partial charge in [-0.2, -0.15) is 5.10 Å². The van der Waals surface area contributed by atoms with Gasteiger partial charge >= 0.3 is 0 Å². The van der Waals surface area contributed by atoms with E-state index in [9.17, 15) is 9.18 Å². The lowest BCUT2D eigenvalue weighted by atomic mass is 9.95. The van der Waals surface area contributed by atoms with Crippen molar-refractivity contribution in [1.29, 1.82) is 0 Å². The highest BCUT2D eigenvalue weighted by Gasteiger charge is 2.20. The van der Waals surface area contributed by atoms with Gasteiger partial charge in [0.15, 0.2) is 0 Å². The number of benzene rings is 1. The maximum Gasteiger partial charge on any atom is 0.232 e. The smallest absolute Gasteiger partial charge is 0.232 e. The molecule has 0 bridgehead atoms. The van der Waals surface area contributed by atoms with Gasteiger partial charge in [-0.3, -0.25) is 9.89 Å². The van der Waals surface area contributed by atoms with Gasteiger partial charge in [-0.05, 0) is 55.5 Å². The molecule has 1 aliphatic carbocycles. The van der Waals surface area contributed by atoms with Crippen molar-refractivity contribution in [2.45, 2.75) is 32.1 Å². The number of halogens is 1. The molecule has 1 heterocycles. The van der Waals surface area contributed by atoms with Crippen molar-refractivity contribution in [3.8, 4) is 0 Å². The summed E-state index contributed by atoms with van der Waals surface area (Å²) in [5.74, 6) is -0.345. The molecule has 110 valence electrons. The van der Waals surface area contributed by atoms with Gasteiger partial charge in [-0.25, -0.2) is 4.39 Å². The SMILES string of the molecule is CN(C(=O)Cc1n[nH]c2c1CCCC2)c1ccc(F)cc1. The summed E-state index contributed by atoms with van der Waals surface area (Å²) in [6.45, 7) is 0. The summed E-state index contributed by atoms with van der Waals surface area (Å²) in [7, 11) is 1.70. The molecule has 1 amide bonds. The number of rotatable bonds is 3. The zero-order valence-corrected chi connectivity index (χ0v) is 12.0. The van der Waals surface area contributed by atoms with Gasteiger partial charge in [-0.15, -0.1) is 0 Å². The Labute approximate surface area is 123 Å². The van der Waals surface area contributed by atoms with Gasteiger partial charge in [0.2, 0.25) is 5.91 Å². The number of nitrogens with zero attached hydrogens (tertiary/aromatic N) is 2. The molecular weight excluding hydrogens is 269 g/mol. The molecule has 0 atom stereocenters. The van der Waals surface area contributed by atoms with E-state index in [-0.39, 0.29) is 18.1 Å². The molecule has 0 unspecified atom stereocenters. The van der Waals surface area contributed by atoms with E-state index in [0.717, 1.165) is 25.0 Å². The number of likely N-dealkylation sites (N-methyl/N-ethyl adjacent to an activating group) is 1. The highest BCUT2D eigenvalue weighted by molar-refractivity contribution is 5.94. The fourth-order valence-electron chi connectivity index (χ4n) is 2.77. The van der Waals surface area contributed by atoms with E-state index < -0.39 is 0 Å². The number of aryl methyl sites for hydroxylation is 1. The summed E-state index contributed by atoms with van der Waals surface area (Å²) in [6, 6.07) is 5.92. The van der Waals surface area contributed by atoms with Crippen LogP contribution in [0.15, 0.2) is 24.3 Å². The Kier molecular flexibility index (Phi) is 3.73. The van der Waals surface area contributed by atoms with Crippen LogP contribution < -0.4 is 4.90 Å². The Morgan fingerprint density at radius 2 is 2.00 bits per heavy atom. The molecule has 0 radical (unpaired) electrons. The standard InChI is InChI=1S/C16H18FN3O/c1-20(12-8-6-11(17)7-9-12)16(21)10-15-13-4-2-3-5-14(13)18-19-15/h6-9H,2-5,10H2,1H3,(H,18,19). The van der Waals surface area contributed by atoms with E-state index in [1.165, 1.54) is 29.8 Å². The molecule has 1 N–H and O–H groups in total. The summed E-state index contributed by atoms with van der Waals surface area (Å²) < 4.78 is 12.9. The number of fused-ring (bicyclic) bond motifs is 1. The third kappa shape index (κ3) is 2.82. The molecule has 1 aliphatic rings. The number of carbonyl (C=O) groups is 1. The van der Waals surface area contributed by atoms with Gasteiger partial charge in [0.1, 0.15) is 5.82 Å². The molecule has 1 aromatic carbocycles. The average molecular weight is 287 g/mol. The summed E-state index contributed by atoms with van der Waals surface area (Å²) in [5, 5.41) is 7.34. The monoisotopic (exact) mass is 287 g/mol. The molecule has 5 heteroatoms. The zero-order chi connectivity index (χ0) is 14.8. The molecule has 0 saturated heterocycles. The maximum absolute atomic E-state index is 12.9. The van der Waals surface area contributed by atoms with Gasteiger partial charge in [0.05, 0.1) is 12.1 Å². The van der Waals surface area contributed by atoms with Crippen LogP contribution in [0.2, 0.25) is 0 Å². The summed E-state index contributed by atoms with van der Waals surface area (Å²) in [6.07, 6.45) is 4.62. The van der Waals surface area contributed by atoms with Gasteiger partial charge in [0, 0.05) is 18.4 Å². The number of nitrogens with one attached hydrogen (secondary N) is 1. The summed E-state index contributed by atoms with van der Waals surface area (Å²) in [4.78, 5) is 13.9. The van der Waals surface area contributed by atoms with Crippen LogP contribution in [0.5, 0.6) is 0 Å². The fraction of sp³-hybridized carbons (Fsp3) is 0.375. The average Bonchev–Trinajstić information content (AvgIpc) is 2.91. The second kappa shape index (κ2) is 5.68. The van der Waals surface area contributed by atoms with E-state index in [0.29, 0.717) is 5.69 Å². The molecule has 21 heavy (non-hydrogen) atoms.